The fraction of sp³-hybridized carbons (Fsp3) is 0.714. The maximum Gasteiger partial charge on any atom is 0.223 e. The van der Waals surface area contributed by atoms with Crippen LogP contribution in [0.5, 0.6) is 0 Å². The molecule has 0 aromatic carbocycles. The fourth-order valence-electron chi connectivity index (χ4n) is 2.81. The van der Waals surface area contributed by atoms with Crippen molar-refractivity contribution in [3.05, 3.63) is 15.6 Å². The fourth-order valence-corrected chi connectivity index (χ4v) is 3.74. The topological polar surface area (TPSA) is 68.0 Å². The largest absolute Gasteiger partial charge is 0.348 e. The second-order valence-electron chi connectivity index (χ2n) is 5.54. The van der Waals surface area contributed by atoms with Crippen molar-refractivity contribution in [2.45, 2.75) is 58.5 Å². The highest BCUT2D eigenvalue weighted by Crippen LogP contribution is 2.27. The van der Waals surface area contributed by atoms with Gasteiger partial charge in [0.2, 0.25) is 5.91 Å². The molecule has 1 aromatic rings. The molecule has 1 saturated carbocycles. The number of thiazole rings is 1. The molecular formula is C14H23N3OS. The quantitative estimate of drug-likeness (QED) is 0.894. The number of aryl methyl sites for hydroxylation is 2. The number of nitrogens with one attached hydrogen (secondary N) is 1. The molecule has 3 N–H and O–H groups in total. The second-order valence-corrected chi connectivity index (χ2v) is 6.77. The van der Waals surface area contributed by atoms with Crippen LogP contribution in [0.3, 0.4) is 0 Å². The SMILES string of the molecule is Cc1nc(C)c(C(C)NC(=O)C2CCCC(N)C2)s1. The van der Waals surface area contributed by atoms with Crippen LogP contribution in [0.2, 0.25) is 0 Å². The summed E-state index contributed by atoms with van der Waals surface area (Å²) in [5, 5.41) is 4.17. The molecule has 3 atom stereocenters. The van der Waals surface area contributed by atoms with Crippen LogP contribution in [0.15, 0.2) is 0 Å². The Kier molecular flexibility index (Phi) is 4.58. The molecule has 1 aromatic heterocycles. The van der Waals surface area contributed by atoms with Crippen molar-refractivity contribution in [1.29, 1.82) is 0 Å². The zero-order valence-electron chi connectivity index (χ0n) is 11.9. The van der Waals surface area contributed by atoms with Gasteiger partial charge >= 0.3 is 0 Å². The summed E-state index contributed by atoms with van der Waals surface area (Å²) in [6.07, 6.45) is 3.89. The first-order chi connectivity index (χ1) is 8.97. The third-order valence-corrected chi connectivity index (χ3v) is 5.03. The number of nitrogens with two attached hydrogens (primary N) is 1. The number of rotatable bonds is 3. The van der Waals surface area contributed by atoms with Crippen molar-refractivity contribution in [2.75, 3.05) is 0 Å². The highest BCUT2D eigenvalue weighted by Gasteiger charge is 2.26. The van der Waals surface area contributed by atoms with Gasteiger partial charge in [-0.2, -0.15) is 0 Å². The normalized spacial score (nSPS) is 25.1. The monoisotopic (exact) mass is 281 g/mol. The molecule has 0 spiro atoms. The van der Waals surface area contributed by atoms with Crippen LogP contribution in [0.1, 0.15) is 54.2 Å². The minimum absolute atomic E-state index is 0.0388. The Morgan fingerprint density at radius 2 is 2.21 bits per heavy atom. The van der Waals surface area contributed by atoms with Crippen molar-refractivity contribution in [1.82, 2.24) is 10.3 Å². The van der Waals surface area contributed by atoms with E-state index in [9.17, 15) is 4.79 Å². The van der Waals surface area contributed by atoms with Crippen molar-refractivity contribution >= 4 is 17.2 Å². The zero-order valence-corrected chi connectivity index (χ0v) is 12.7. The number of aromatic nitrogens is 1. The summed E-state index contributed by atoms with van der Waals surface area (Å²) in [5.41, 5.74) is 6.97. The highest BCUT2D eigenvalue weighted by atomic mass is 32.1. The van der Waals surface area contributed by atoms with E-state index in [-0.39, 0.29) is 23.9 Å². The first-order valence-electron chi connectivity index (χ1n) is 6.97. The molecule has 1 amide bonds. The Balaban J connectivity index is 1.96. The third kappa shape index (κ3) is 3.54. The van der Waals surface area contributed by atoms with Gasteiger partial charge in [-0.1, -0.05) is 6.42 Å². The Morgan fingerprint density at radius 3 is 2.79 bits per heavy atom. The molecule has 2 rings (SSSR count). The summed E-state index contributed by atoms with van der Waals surface area (Å²) in [5.74, 6) is 0.230. The molecule has 0 radical (unpaired) electrons. The molecular weight excluding hydrogens is 258 g/mol. The molecule has 1 aliphatic rings. The third-order valence-electron chi connectivity index (χ3n) is 3.78. The summed E-state index contributed by atoms with van der Waals surface area (Å²) in [7, 11) is 0. The minimum atomic E-state index is 0.0388. The molecule has 106 valence electrons. The molecule has 1 fully saturated rings. The molecule has 4 nitrogen and oxygen atoms in total. The van der Waals surface area contributed by atoms with Gasteiger partial charge in [0.05, 0.1) is 16.7 Å². The van der Waals surface area contributed by atoms with Crippen LogP contribution in [0.4, 0.5) is 0 Å². The van der Waals surface area contributed by atoms with E-state index in [0.717, 1.165) is 41.3 Å². The van der Waals surface area contributed by atoms with Crippen molar-refractivity contribution < 1.29 is 4.79 Å². The van der Waals surface area contributed by atoms with E-state index in [4.69, 9.17) is 5.73 Å². The van der Waals surface area contributed by atoms with Gasteiger partial charge in [0.25, 0.3) is 0 Å². The first-order valence-corrected chi connectivity index (χ1v) is 7.79. The summed E-state index contributed by atoms with van der Waals surface area (Å²) >= 11 is 1.66. The van der Waals surface area contributed by atoms with Gasteiger partial charge in [-0.3, -0.25) is 4.79 Å². The van der Waals surface area contributed by atoms with Gasteiger partial charge in [-0.15, -0.1) is 11.3 Å². The summed E-state index contributed by atoms with van der Waals surface area (Å²) in [4.78, 5) is 17.8. The predicted octanol–water partition coefficient (Wildman–Crippen LogP) is 2.45. The van der Waals surface area contributed by atoms with Crippen molar-refractivity contribution in [2.24, 2.45) is 11.7 Å². The van der Waals surface area contributed by atoms with Crippen LogP contribution in [-0.4, -0.2) is 16.9 Å². The van der Waals surface area contributed by atoms with Crippen molar-refractivity contribution in [3.63, 3.8) is 0 Å². The highest BCUT2D eigenvalue weighted by molar-refractivity contribution is 7.11. The number of hydrogen-bond donors (Lipinski definition) is 2. The second kappa shape index (κ2) is 6.01. The number of carbonyl (C=O) groups is 1. The van der Waals surface area contributed by atoms with Crippen LogP contribution in [0.25, 0.3) is 0 Å². The summed E-state index contributed by atoms with van der Waals surface area (Å²) in [6, 6.07) is 0.226. The van der Waals surface area contributed by atoms with E-state index in [0.29, 0.717) is 0 Å². The van der Waals surface area contributed by atoms with Crippen LogP contribution in [0, 0.1) is 19.8 Å². The van der Waals surface area contributed by atoms with Gasteiger partial charge in [0.15, 0.2) is 0 Å². The lowest BCUT2D eigenvalue weighted by atomic mass is 9.85. The Morgan fingerprint density at radius 1 is 1.47 bits per heavy atom. The number of nitrogens with zero attached hydrogens (tertiary/aromatic N) is 1. The average Bonchev–Trinajstić information content (AvgIpc) is 2.68. The molecule has 5 heteroatoms. The van der Waals surface area contributed by atoms with Gasteiger partial charge in [-0.25, -0.2) is 4.98 Å². The Bertz CT molecular complexity index is 458. The minimum Gasteiger partial charge on any atom is -0.348 e. The van der Waals surface area contributed by atoms with Gasteiger partial charge < -0.3 is 11.1 Å². The van der Waals surface area contributed by atoms with Gasteiger partial charge in [0, 0.05) is 16.8 Å². The standard InChI is InChI=1S/C14H23N3OS/c1-8-13(19-10(3)16-8)9(2)17-14(18)11-5-4-6-12(15)7-11/h9,11-12H,4-7,15H2,1-3H3,(H,17,18). The first kappa shape index (κ1) is 14.5. The molecule has 1 heterocycles. The Labute approximate surface area is 118 Å². The molecule has 3 unspecified atom stereocenters. The van der Waals surface area contributed by atoms with Crippen LogP contribution in [-0.2, 0) is 4.79 Å². The van der Waals surface area contributed by atoms with E-state index >= 15 is 0 Å². The predicted molar refractivity (Wildman–Crippen MR) is 78.1 cm³/mol. The van der Waals surface area contributed by atoms with Gasteiger partial charge in [-0.05, 0) is 40.0 Å². The number of hydrogen-bond acceptors (Lipinski definition) is 4. The Hall–Kier alpha value is -0.940. The maximum atomic E-state index is 12.3. The van der Waals surface area contributed by atoms with E-state index in [1.165, 1.54) is 0 Å². The average molecular weight is 281 g/mol. The lowest BCUT2D eigenvalue weighted by Gasteiger charge is -2.26. The number of carbonyl (C=O) groups excluding carboxylic acids is 1. The maximum absolute atomic E-state index is 12.3. The number of amides is 1. The molecule has 0 saturated heterocycles. The molecule has 1 aliphatic carbocycles. The zero-order chi connectivity index (χ0) is 14.0. The van der Waals surface area contributed by atoms with Crippen molar-refractivity contribution in [3.8, 4) is 0 Å². The van der Waals surface area contributed by atoms with E-state index in [2.05, 4.69) is 10.3 Å². The lowest BCUT2D eigenvalue weighted by molar-refractivity contribution is -0.126. The summed E-state index contributed by atoms with van der Waals surface area (Å²) in [6.45, 7) is 6.02. The van der Waals surface area contributed by atoms with Gasteiger partial charge in [0.1, 0.15) is 0 Å². The lowest BCUT2D eigenvalue weighted by Crippen LogP contribution is -2.38. The molecule has 0 bridgehead atoms. The molecule has 0 aliphatic heterocycles. The smallest absolute Gasteiger partial charge is 0.223 e. The summed E-state index contributed by atoms with van der Waals surface area (Å²) < 4.78 is 0. The van der Waals surface area contributed by atoms with Crippen LogP contribution < -0.4 is 11.1 Å². The van der Waals surface area contributed by atoms with E-state index < -0.39 is 0 Å². The molecule has 19 heavy (non-hydrogen) atoms. The van der Waals surface area contributed by atoms with E-state index in [1.807, 2.05) is 20.8 Å². The van der Waals surface area contributed by atoms with Crippen LogP contribution >= 0.6 is 11.3 Å². The van der Waals surface area contributed by atoms with E-state index in [1.54, 1.807) is 11.3 Å².